The second-order valence-corrected chi connectivity index (χ2v) is 10.0. The summed E-state index contributed by atoms with van der Waals surface area (Å²) >= 11 is 23.5. The number of nitrogens with zero attached hydrogens (tertiary/aromatic N) is 2. The zero-order valence-corrected chi connectivity index (χ0v) is 20.3. The van der Waals surface area contributed by atoms with Crippen molar-refractivity contribution in [3.05, 3.63) is 57.0 Å². The van der Waals surface area contributed by atoms with Crippen LogP contribution in [0.2, 0.25) is 15.1 Å². The first-order chi connectivity index (χ1) is 14.7. The van der Waals surface area contributed by atoms with Gasteiger partial charge in [0, 0.05) is 24.3 Å². The van der Waals surface area contributed by atoms with E-state index in [2.05, 4.69) is 15.8 Å². The van der Waals surface area contributed by atoms with Crippen LogP contribution in [-0.4, -0.2) is 49.9 Å². The van der Waals surface area contributed by atoms with Crippen molar-refractivity contribution >= 4 is 73.6 Å². The van der Waals surface area contributed by atoms with Crippen LogP contribution in [0.15, 0.2) is 46.4 Å². The number of benzene rings is 2. The maximum absolute atomic E-state index is 12.7. The first-order valence-corrected chi connectivity index (χ1v) is 12.1. The van der Waals surface area contributed by atoms with Gasteiger partial charge in [-0.25, -0.2) is 8.42 Å². The Hall–Kier alpha value is -1.46. The Morgan fingerprint density at radius 1 is 1.06 bits per heavy atom. The van der Waals surface area contributed by atoms with E-state index >= 15 is 0 Å². The molecule has 1 aliphatic rings. The number of morpholine rings is 1. The lowest BCUT2D eigenvalue weighted by atomic mass is 10.1. The van der Waals surface area contributed by atoms with Gasteiger partial charge in [0.1, 0.15) is 0 Å². The Balaban J connectivity index is 1.63. The number of hydrogen-bond acceptors (Lipinski definition) is 5. The van der Waals surface area contributed by atoms with Gasteiger partial charge in [-0.15, -0.1) is 0 Å². The van der Waals surface area contributed by atoms with Gasteiger partial charge in [-0.3, -0.25) is 5.43 Å². The molecule has 1 heterocycles. The van der Waals surface area contributed by atoms with Crippen molar-refractivity contribution in [2.24, 2.45) is 5.10 Å². The van der Waals surface area contributed by atoms with Crippen molar-refractivity contribution in [2.45, 2.75) is 11.8 Å². The van der Waals surface area contributed by atoms with Gasteiger partial charge in [0.05, 0.1) is 38.9 Å². The first kappa shape index (κ1) is 24.2. The van der Waals surface area contributed by atoms with E-state index in [-0.39, 0.29) is 15.0 Å². The van der Waals surface area contributed by atoms with Crippen molar-refractivity contribution in [3.63, 3.8) is 0 Å². The van der Waals surface area contributed by atoms with Crippen LogP contribution in [0.25, 0.3) is 0 Å². The molecule has 3 rings (SSSR count). The van der Waals surface area contributed by atoms with E-state index in [1.165, 1.54) is 16.4 Å². The molecule has 31 heavy (non-hydrogen) atoms. The standard InChI is InChI=1S/C19H19Cl3N4O3S2/c1-12(15-6-7-16(20)18(22)17(15)21)24-25-19(30)23-13-2-4-14(5-3-13)31(27,28)26-8-10-29-11-9-26/h2-7H,8-11H2,1H3,(H2,23,25,30)/b24-12+. The molecular weight excluding hydrogens is 503 g/mol. The molecule has 0 aromatic heterocycles. The summed E-state index contributed by atoms with van der Waals surface area (Å²) in [5, 5.41) is 8.28. The molecule has 0 radical (unpaired) electrons. The molecule has 0 spiro atoms. The van der Waals surface area contributed by atoms with E-state index in [1.807, 2.05) is 0 Å². The Bertz CT molecular complexity index is 1100. The largest absolute Gasteiger partial charge is 0.379 e. The van der Waals surface area contributed by atoms with Crippen molar-refractivity contribution in [3.8, 4) is 0 Å². The quantitative estimate of drug-likeness (QED) is 0.263. The fraction of sp³-hybridized carbons (Fsp3) is 0.263. The minimum Gasteiger partial charge on any atom is -0.379 e. The highest BCUT2D eigenvalue weighted by molar-refractivity contribution is 7.89. The number of hydrazone groups is 1. The molecule has 1 fully saturated rings. The average molecular weight is 522 g/mol. The number of halogens is 3. The number of nitrogens with one attached hydrogen (secondary N) is 2. The minimum absolute atomic E-state index is 0.210. The van der Waals surface area contributed by atoms with Gasteiger partial charge in [0.25, 0.3) is 0 Å². The molecule has 0 bridgehead atoms. The molecule has 1 aliphatic heterocycles. The fourth-order valence-electron chi connectivity index (χ4n) is 2.81. The molecule has 1 saturated heterocycles. The summed E-state index contributed by atoms with van der Waals surface area (Å²) in [5.74, 6) is 0. The van der Waals surface area contributed by atoms with Gasteiger partial charge in [-0.1, -0.05) is 40.9 Å². The maximum Gasteiger partial charge on any atom is 0.243 e. The molecule has 2 N–H and O–H groups in total. The van der Waals surface area contributed by atoms with Gasteiger partial charge in [0.15, 0.2) is 5.11 Å². The second kappa shape index (κ2) is 10.4. The summed E-state index contributed by atoms with van der Waals surface area (Å²) in [7, 11) is -3.55. The molecule has 166 valence electrons. The predicted octanol–water partition coefficient (Wildman–Crippen LogP) is 4.38. The third-order valence-corrected chi connectivity index (χ3v) is 7.87. The number of anilines is 1. The van der Waals surface area contributed by atoms with Gasteiger partial charge in [-0.05, 0) is 49.5 Å². The SMILES string of the molecule is C/C(=N\NC(=S)Nc1ccc(S(=O)(=O)N2CCOCC2)cc1)c1ccc(Cl)c(Cl)c1Cl. The summed E-state index contributed by atoms with van der Waals surface area (Å²) in [5.41, 5.74) is 4.50. The van der Waals surface area contributed by atoms with Crippen molar-refractivity contribution in [2.75, 3.05) is 31.6 Å². The van der Waals surface area contributed by atoms with Crippen LogP contribution < -0.4 is 10.7 Å². The van der Waals surface area contributed by atoms with Crippen LogP contribution in [0.5, 0.6) is 0 Å². The fourth-order valence-corrected chi connectivity index (χ4v) is 5.05. The highest BCUT2D eigenvalue weighted by Gasteiger charge is 2.26. The number of thiocarbonyl (C=S) groups is 1. The Morgan fingerprint density at radius 2 is 1.71 bits per heavy atom. The molecule has 2 aromatic carbocycles. The summed E-state index contributed by atoms with van der Waals surface area (Å²) in [6, 6.07) is 9.66. The highest BCUT2D eigenvalue weighted by atomic mass is 35.5. The molecule has 0 aliphatic carbocycles. The van der Waals surface area contributed by atoms with Crippen LogP contribution in [0.3, 0.4) is 0 Å². The van der Waals surface area contributed by atoms with E-state index < -0.39 is 10.0 Å². The second-order valence-electron chi connectivity index (χ2n) is 6.53. The lowest BCUT2D eigenvalue weighted by Gasteiger charge is -2.26. The van der Waals surface area contributed by atoms with Crippen molar-refractivity contribution in [1.29, 1.82) is 0 Å². The van der Waals surface area contributed by atoms with E-state index in [0.717, 1.165) is 0 Å². The van der Waals surface area contributed by atoms with Crippen LogP contribution in [0.1, 0.15) is 12.5 Å². The van der Waals surface area contributed by atoms with Gasteiger partial charge in [0.2, 0.25) is 10.0 Å². The Morgan fingerprint density at radius 3 is 2.35 bits per heavy atom. The highest BCUT2D eigenvalue weighted by Crippen LogP contribution is 2.32. The van der Waals surface area contributed by atoms with Gasteiger partial charge < -0.3 is 10.1 Å². The van der Waals surface area contributed by atoms with E-state index in [9.17, 15) is 8.42 Å². The number of rotatable bonds is 5. The molecule has 0 unspecified atom stereocenters. The summed E-state index contributed by atoms with van der Waals surface area (Å²) in [6.45, 7) is 3.22. The van der Waals surface area contributed by atoms with Crippen molar-refractivity contribution in [1.82, 2.24) is 9.73 Å². The maximum atomic E-state index is 12.7. The third-order valence-electron chi connectivity index (χ3n) is 4.47. The Labute approximate surface area is 201 Å². The molecule has 0 saturated carbocycles. The molecule has 7 nitrogen and oxygen atoms in total. The third kappa shape index (κ3) is 5.87. The molecule has 0 atom stereocenters. The lowest BCUT2D eigenvalue weighted by Crippen LogP contribution is -2.40. The van der Waals surface area contributed by atoms with E-state index in [1.54, 1.807) is 31.2 Å². The predicted molar refractivity (Wildman–Crippen MR) is 129 cm³/mol. The minimum atomic E-state index is -3.55. The van der Waals surface area contributed by atoms with Crippen LogP contribution in [0, 0.1) is 0 Å². The Kier molecular flexibility index (Phi) is 8.14. The van der Waals surface area contributed by atoms with Gasteiger partial charge in [-0.2, -0.15) is 9.41 Å². The molecule has 12 heteroatoms. The molecule has 0 amide bonds. The summed E-state index contributed by atoms with van der Waals surface area (Å²) in [6.07, 6.45) is 0. The average Bonchev–Trinajstić information content (AvgIpc) is 2.77. The zero-order chi connectivity index (χ0) is 22.6. The van der Waals surface area contributed by atoms with Crippen LogP contribution in [-0.2, 0) is 14.8 Å². The smallest absolute Gasteiger partial charge is 0.243 e. The normalized spacial score (nSPS) is 15.5. The monoisotopic (exact) mass is 520 g/mol. The van der Waals surface area contributed by atoms with Crippen molar-refractivity contribution < 1.29 is 13.2 Å². The van der Waals surface area contributed by atoms with Gasteiger partial charge >= 0.3 is 0 Å². The van der Waals surface area contributed by atoms with Crippen LogP contribution >= 0.6 is 47.0 Å². The number of sulfonamides is 1. The number of hydrogen-bond donors (Lipinski definition) is 2. The first-order valence-electron chi connectivity index (χ1n) is 9.13. The van der Waals surface area contributed by atoms with E-state index in [4.69, 9.17) is 51.8 Å². The van der Waals surface area contributed by atoms with Crippen LogP contribution in [0.4, 0.5) is 5.69 Å². The summed E-state index contributed by atoms with van der Waals surface area (Å²) in [4.78, 5) is 0.210. The molecule has 2 aromatic rings. The number of ether oxygens (including phenoxy) is 1. The van der Waals surface area contributed by atoms with E-state index in [0.29, 0.717) is 53.3 Å². The zero-order valence-electron chi connectivity index (χ0n) is 16.4. The topological polar surface area (TPSA) is 83.0 Å². The lowest BCUT2D eigenvalue weighted by molar-refractivity contribution is 0.0730. The summed E-state index contributed by atoms with van der Waals surface area (Å²) < 4.78 is 32.0. The molecular formula is C19H19Cl3N4O3S2.